The Morgan fingerprint density at radius 1 is 1.31 bits per heavy atom. The summed E-state index contributed by atoms with van der Waals surface area (Å²) in [7, 11) is 0. The number of aliphatic carboxylic acids is 1. The molecule has 0 aromatic rings. The van der Waals surface area contributed by atoms with Crippen LogP contribution >= 0.6 is 0 Å². The van der Waals surface area contributed by atoms with Crippen molar-refractivity contribution in [2.75, 3.05) is 13.2 Å². The standard InChI is InChI=1S/C8H15NO7/c10-1-3(8(14)15)9-7-6(13)5(12)4(2-11)16-7/h3-7,9-13H,1-2H2,(H,14,15)/t3-,4-,5-,6+,7+/m0/s1. The first-order valence-electron chi connectivity index (χ1n) is 4.73. The van der Waals surface area contributed by atoms with Crippen molar-refractivity contribution in [2.24, 2.45) is 0 Å². The van der Waals surface area contributed by atoms with Crippen molar-refractivity contribution in [1.82, 2.24) is 5.32 Å². The van der Waals surface area contributed by atoms with E-state index in [1.165, 1.54) is 0 Å². The molecule has 0 amide bonds. The van der Waals surface area contributed by atoms with Crippen LogP contribution in [0, 0.1) is 0 Å². The van der Waals surface area contributed by atoms with Gasteiger partial charge in [0.2, 0.25) is 0 Å². The van der Waals surface area contributed by atoms with Gasteiger partial charge in [-0.25, -0.2) is 0 Å². The molecular weight excluding hydrogens is 222 g/mol. The van der Waals surface area contributed by atoms with Crippen LogP contribution in [0.5, 0.6) is 0 Å². The van der Waals surface area contributed by atoms with Crippen molar-refractivity contribution in [3.63, 3.8) is 0 Å². The molecule has 8 nitrogen and oxygen atoms in total. The number of hydrogen-bond acceptors (Lipinski definition) is 7. The molecule has 6 N–H and O–H groups in total. The van der Waals surface area contributed by atoms with Gasteiger partial charge in [-0.2, -0.15) is 0 Å². The van der Waals surface area contributed by atoms with Gasteiger partial charge in [0.15, 0.2) is 0 Å². The van der Waals surface area contributed by atoms with E-state index in [0.29, 0.717) is 0 Å². The smallest absolute Gasteiger partial charge is 0.323 e. The summed E-state index contributed by atoms with van der Waals surface area (Å²) in [6.45, 7) is -1.17. The number of carbonyl (C=O) groups is 1. The average Bonchev–Trinajstić information content (AvgIpc) is 2.52. The maximum absolute atomic E-state index is 10.6. The molecule has 16 heavy (non-hydrogen) atoms. The van der Waals surface area contributed by atoms with Crippen LogP contribution in [0.4, 0.5) is 0 Å². The maximum Gasteiger partial charge on any atom is 0.323 e. The van der Waals surface area contributed by atoms with Crippen LogP contribution in [0.2, 0.25) is 0 Å². The predicted molar refractivity (Wildman–Crippen MR) is 49.4 cm³/mol. The Bertz CT molecular complexity index is 249. The van der Waals surface area contributed by atoms with E-state index in [1.807, 2.05) is 0 Å². The van der Waals surface area contributed by atoms with Gasteiger partial charge in [0.1, 0.15) is 30.6 Å². The van der Waals surface area contributed by atoms with E-state index < -0.39 is 49.8 Å². The summed E-state index contributed by atoms with van der Waals surface area (Å²) >= 11 is 0. The van der Waals surface area contributed by atoms with Gasteiger partial charge >= 0.3 is 5.97 Å². The Morgan fingerprint density at radius 2 is 1.94 bits per heavy atom. The van der Waals surface area contributed by atoms with Crippen LogP contribution in [-0.2, 0) is 9.53 Å². The predicted octanol–water partition coefficient (Wildman–Crippen LogP) is -3.54. The fraction of sp³-hybridized carbons (Fsp3) is 0.875. The van der Waals surface area contributed by atoms with Gasteiger partial charge in [-0.05, 0) is 0 Å². The van der Waals surface area contributed by atoms with Crippen LogP contribution in [0.15, 0.2) is 0 Å². The minimum Gasteiger partial charge on any atom is -0.480 e. The van der Waals surface area contributed by atoms with Gasteiger partial charge in [-0.1, -0.05) is 0 Å². The first-order chi connectivity index (χ1) is 7.51. The number of carboxylic acids is 1. The van der Waals surface area contributed by atoms with Crippen molar-refractivity contribution in [1.29, 1.82) is 0 Å². The third-order valence-corrected chi connectivity index (χ3v) is 2.39. The van der Waals surface area contributed by atoms with Gasteiger partial charge in [0.05, 0.1) is 13.2 Å². The SMILES string of the molecule is O=C(O)[C@H](CO)N[C@@H]1O[C@@H](CO)[C@H](O)[C@H]1O. The number of hydrogen-bond donors (Lipinski definition) is 6. The lowest BCUT2D eigenvalue weighted by Gasteiger charge is -2.20. The zero-order chi connectivity index (χ0) is 12.3. The van der Waals surface area contributed by atoms with Crippen LogP contribution in [-0.4, -0.2) is 75.3 Å². The highest BCUT2D eigenvalue weighted by molar-refractivity contribution is 5.73. The summed E-state index contributed by atoms with van der Waals surface area (Å²) in [5.41, 5.74) is 0. The molecule has 0 aromatic heterocycles. The molecule has 0 bridgehead atoms. The molecule has 0 aliphatic carbocycles. The van der Waals surface area contributed by atoms with Crippen molar-refractivity contribution in [2.45, 2.75) is 30.6 Å². The van der Waals surface area contributed by atoms with Gasteiger partial charge in [0, 0.05) is 0 Å². The Labute approximate surface area is 91.1 Å². The van der Waals surface area contributed by atoms with Crippen molar-refractivity contribution < 1.29 is 35.1 Å². The molecule has 1 heterocycles. The molecule has 5 atom stereocenters. The summed E-state index contributed by atoms with van der Waals surface area (Å²) in [4.78, 5) is 10.6. The van der Waals surface area contributed by atoms with Gasteiger partial charge in [0.25, 0.3) is 0 Å². The summed E-state index contributed by atoms with van der Waals surface area (Å²) in [5, 5.41) is 47.3. The van der Waals surface area contributed by atoms with Crippen LogP contribution in [0.3, 0.4) is 0 Å². The lowest BCUT2D eigenvalue weighted by atomic mass is 10.1. The Balaban J connectivity index is 2.58. The molecule has 1 aliphatic rings. The fourth-order valence-corrected chi connectivity index (χ4v) is 1.44. The highest BCUT2D eigenvalue weighted by atomic mass is 16.6. The number of aliphatic hydroxyl groups is 4. The highest BCUT2D eigenvalue weighted by Gasteiger charge is 2.43. The summed E-state index contributed by atoms with van der Waals surface area (Å²) in [6.07, 6.45) is -4.76. The molecular formula is C8H15NO7. The first kappa shape index (κ1) is 13.3. The molecule has 0 radical (unpaired) electrons. The number of ether oxygens (including phenoxy) is 1. The van der Waals surface area contributed by atoms with Crippen LogP contribution < -0.4 is 5.32 Å². The monoisotopic (exact) mass is 237 g/mol. The molecule has 0 aromatic carbocycles. The normalized spacial score (nSPS) is 36.2. The molecule has 0 saturated carbocycles. The quantitative estimate of drug-likeness (QED) is 0.289. The fourth-order valence-electron chi connectivity index (χ4n) is 1.44. The molecule has 8 heteroatoms. The number of aliphatic hydroxyl groups excluding tert-OH is 4. The Kier molecular flexibility index (Phi) is 4.59. The zero-order valence-corrected chi connectivity index (χ0v) is 8.35. The van der Waals surface area contributed by atoms with E-state index in [4.69, 9.17) is 20.1 Å². The third-order valence-electron chi connectivity index (χ3n) is 2.39. The van der Waals surface area contributed by atoms with E-state index in [0.717, 1.165) is 0 Å². The Morgan fingerprint density at radius 3 is 2.31 bits per heavy atom. The maximum atomic E-state index is 10.6. The minimum atomic E-state index is -1.36. The Hall–Kier alpha value is -0.770. The second-order valence-electron chi connectivity index (χ2n) is 3.50. The van der Waals surface area contributed by atoms with E-state index in [2.05, 4.69) is 5.32 Å². The van der Waals surface area contributed by atoms with Crippen molar-refractivity contribution >= 4 is 5.97 Å². The van der Waals surface area contributed by atoms with Crippen molar-refractivity contribution in [3.05, 3.63) is 0 Å². The summed E-state index contributed by atoms with van der Waals surface area (Å²) in [6, 6.07) is -1.30. The second kappa shape index (κ2) is 5.53. The molecule has 0 unspecified atom stereocenters. The largest absolute Gasteiger partial charge is 0.480 e. The molecule has 1 fully saturated rings. The highest BCUT2D eigenvalue weighted by Crippen LogP contribution is 2.19. The third kappa shape index (κ3) is 2.67. The van der Waals surface area contributed by atoms with Crippen molar-refractivity contribution in [3.8, 4) is 0 Å². The van der Waals surface area contributed by atoms with E-state index >= 15 is 0 Å². The lowest BCUT2D eigenvalue weighted by molar-refractivity contribution is -0.142. The molecule has 1 rings (SSSR count). The lowest BCUT2D eigenvalue weighted by Crippen LogP contribution is -2.50. The molecule has 1 saturated heterocycles. The van der Waals surface area contributed by atoms with E-state index in [1.54, 1.807) is 0 Å². The van der Waals surface area contributed by atoms with Crippen LogP contribution in [0.1, 0.15) is 0 Å². The first-order valence-corrected chi connectivity index (χ1v) is 4.73. The summed E-state index contributed by atoms with van der Waals surface area (Å²) < 4.78 is 4.98. The van der Waals surface area contributed by atoms with E-state index in [9.17, 15) is 15.0 Å². The molecule has 1 aliphatic heterocycles. The van der Waals surface area contributed by atoms with E-state index in [-0.39, 0.29) is 0 Å². The second-order valence-corrected chi connectivity index (χ2v) is 3.50. The topological polar surface area (TPSA) is 139 Å². The number of rotatable bonds is 5. The summed E-state index contributed by atoms with van der Waals surface area (Å²) in [5.74, 6) is -1.31. The molecule has 94 valence electrons. The van der Waals surface area contributed by atoms with Gasteiger partial charge in [-0.15, -0.1) is 0 Å². The minimum absolute atomic E-state index is 0.493. The molecule has 0 spiro atoms. The zero-order valence-electron chi connectivity index (χ0n) is 8.35. The van der Waals surface area contributed by atoms with Crippen LogP contribution in [0.25, 0.3) is 0 Å². The number of carboxylic acid groups (broad SMARTS) is 1. The number of nitrogens with one attached hydrogen (secondary N) is 1. The average molecular weight is 237 g/mol. The van der Waals surface area contributed by atoms with Gasteiger partial charge < -0.3 is 30.3 Å². The van der Waals surface area contributed by atoms with Gasteiger partial charge in [-0.3, -0.25) is 10.1 Å².